The summed E-state index contributed by atoms with van der Waals surface area (Å²) in [5.41, 5.74) is 1.05. The van der Waals surface area contributed by atoms with Gasteiger partial charge in [0.25, 0.3) is 0 Å². The Hall–Kier alpha value is -1.36. The molecule has 0 aromatic rings. The van der Waals surface area contributed by atoms with Crippen LogP contribution in [0.3, 0.4) is 0 Å². The van der Waals surface area contributed by atoms with Crippen LogP contribution in [0.4, 0.5) is 0 Å². The third-order valence-corrected chi connectivity index (χ3v) is 2.26. The molecule has 5 nitrogen and oxygen atoms in total. The Bertz CT molecular complexity index is 286. The zero-order valence-corrected chi connectivity index (χ0v) is 11.3. The molecule has 0 radical (unpaired) electrons. The second-order valence-corrected chi connectivity index (χ2v) is 4.25. The van der Waals surface area contributed by atoms with Crippen LogP contribution in [0.15, 0.2) is 34.9 Å². The van der Waals surface area contributed by atoms with Gasteiger partial charge in [0.05, 0.1) is 11.8 Å². The molecule has 5 heteroatoms. The van der Waals surface area contributed by atoms with Gasteiger partial charge in [-0.1, -0.05) is 31.7 Å². The molecular formula is C12H24N4O. The summed E-state index contributed by atoms with van der Waals surface area (Å²) in [4.78, 5) is 0. The Kier molecular flexibility index (Phi) is 7.21. The highest BCUT2D eigenvalue weighted by atomic mass is 16.3. The highest BCUT2D eigenvalue weighted by Gasteiger charge is 2.14. The zero-order valence-electron chi connectivity index (χ0n) is 11.3. The summed E-state index contributed by atoms with van der Waals surface area (Å²) in [5.74, 6) is 0. The maximum Gasteiger partial charge on any atom is 0.103 e. The topological polar surface area (TPSA) is 60.2 Å². The van der Waals surface area contributed by atoms with Gasteiger partial charge in [-0.15, -0.1) is 5.11 Å². The molecular weight excluding hydrogens is 216 g/mol. The van der Waals surface area contributed by atoms with Crippen LogP contribution in [0.1, 0.15) is 26.7 Å². The van der Waals surface area contributed by atoms with Crippen LogP contribution < -0.4 is 5.32 Å². The van der Waals surface area contributed by atoms with Crippen LogP contribution in [0.5, 0.6) is 0 Å². The van der Waals surface area contributed by atoms with E-state index in [2.05, 4.69) is 28.8 Å². The summed E-state index contributed by atoms with van der Waals surface area (Å²) in [6.45, 7) is 11.5. The Morgan fingerprint density at radius 2 is 2.00 bits per heavy atom. The molecule has 0 aromatic heterocycles. The summed E-state index contributed by atoms with van der Waals surface area (Å²) in [6, 6.07) is -0.0752. The average Bonchev–Trinajstić information content (AvgIpc) is 2.25. The van der Waals surface area contributed by atoms with Gasteiger partial charge in [-0.3, -0.25) is 5.01 Å². The number of aliphatic hydroxyl groups excluding tert-OH is 1. The minimum absolute atomic E-state index is 0.0752. The minimum Gasteiger partial charge on any atom is -0.391 e. The molecule has 0 aromatic carbocycles. The predicted molar refractivity (Wildman–Crippen MR) is 70.3 cm³/mol. The molecule has 0 bridgehead atoms. The van der Waals surface area contributed by atoms with E-state index in [1.807, 2.05) is 13.8 Å². The van der Waals surface area contributed by atoms with Crippen molar-refractivity contribution in [3.8, 4) is 0 Å². The molecule has 0 fully saturated rings. The standard InChI is InChI=1S/C12H24N4O/c1-7-8-12(17)11(4)13-9(2)10(3)14-15-16(5)6/h11-13,17H,2-3,7-8H2,1,4-6H3/t11?,12-/m1/s1. The Morgan fingerprint density at radius 1 is 1.41 bits per heavy atom. The van der Waals surface area contributed by atoms with Crippen molar-refractivity contribution in [2.75, 3.05) is 14.1 Å². The minimum atomic E-state index is -0.393. The fourth-order valence-corrected chi connectivity index (χ4v) is 1.20. The van der Waals surface area contributed by atoms with E-state index in [0.29, 0.717) is 11.4 Å². The van der Waals surface area contributed by atoms with E-state index < -0.39 is 6.10 Å². The monoisotopic (exact) mass is 240 g/mol. The number of hydrogen-bond acceptors (Lipinski definition) is 4. The lowest BCUT2D eigenvalue weighted by Gasteiger charge is -2.21. The maximum absolute atomic E-state index is 9.77. The van der Waals surface area contributed by atoms with E-state index >= 15 is 0 Å². The van der Waals surface area contributed by atoms with Crippen molar-refractivity contribution in [1.82, 2.24) is 10.3 Å². The summed E-state index contributed by atoms with van der Waals surface area (Å²) in [6.07, 6.45) is 1.31. The van der Waals surface area contributed by atoms with Crippen molar-refractivity contribution >= 4 is 0 Å². The lowest BCUT2D eigenvalue weighted by atomic mass is 10.1. The van der Waals surface area contributed by atoms with Crippen LogP contribution >= 0.6 is 0 Å². The molecule has 2 atom stereocenters. The molecule has 1 unspecified atom stereocenters. The average molecular weight is 240 g/mol. The molecule has 0 amide bonds. The SMILES string of the molecule is C=C(N=NN(C)C)C(=C)NC(C)[C@H](O)CCC. The summed E-state index contributed by atoms with van der Waals surface area (Å²) in [7, 11) is 3.56. The van der Waals surface area contributed by atoms with Crippen molar-refractivity contribution in [1.29, 1.82) is 0 Å². The number of rotatable bonds is 8. The van der Waals surface area contributed by atoms with Gasteiger partial charge < -0.3 is 10.4 Å². The number of hydrogen-bond donors (Lipinski definition) is 2. The Morgan fingerprint density at radius 3 is 2.47 bits per heavy atom. The van der Waals surface area contributed by atoms with Gasteiger partial charge in [0.15, 0.2) is 0 Å². The van der Waals surface area contributed by atoms with Gasteiger partial charge >= 0.3 is 0 Å². The van der Waals surface area contributed by atoms with E-state index in [1.165, 1.54) is 0 Å². The molecule has 0 aliphatic heterocycles. The van der Waals surface area contributed by atoms with Crippen LogP contribution in [-0.2, 0) is 0 Å². The van der Waals surface area contributed by atoms with E-state index in [-0.39, 0.29) is 6.04 Å². The smallest absolute Gasteiger partial charge is 0.103 e. The largest absolute Gasteiger partial charge is 0.391 e. The number of nitrogens with one attached hydrogen (secondary N) is 1. The van der Waals surface area contributed by atoms with Crippen molar-refractivity contribution in [2.45, 2.75) is 38.8 Å². The number of nitrogens with zero attached hydrogens (tertiary/aromatic N) is 3. The van der Waals surface area contributed by atoms with E-state index in [9.17, 15) is 5.11 Å². The second kappa shape index (κ2) is 7.84. The molecule has 0 saturated carbocycles. The van der Waals surface area contributed by atoms with Gasteiger partial charge in [-0.25, -0.2) is 0 Å². The van der Waals surface area contributed by atoms with Gasteiger partial charge in [0, 0.05) is 20.1 Å². The molecule has 2 N–H and O–H groups in total. The van der Waals surface area contributed by atoms with Crippen LogP contribution in [-0.4, -0.2) is 36.4 Å². The zero-order chi connectivity index (χ0) is 13.4. The fourth-order valence-electron chi connectivity index (χ4n) is 1.20. The Labute approximate surface area is 104 Å². The first kappa shape index (κ1) is 15.6. The van der Waals surface area contributed by atoms with Crippen LogP contribution in [0.25, 0.3) is 0 Å². The quantitative estimate of drug-likeness (QED) is 0.388. The van der Waals surface area contributed by atoms with Crippen molar-refractivity contribution in [3.05, 3.63) is 24.6 Å². The molecule has 0 aliphatic carbocycles. The van der Waals surface area contributed by atoms with Gasteiger partial charge in [0.1, 0.15) is 5.70 Å². The van der Waals surface area contributed by atoms with Gasteiger partial charge in [0.2, 0.25) is 0 Å². The first-order valence-electron chi connectivity index (χ1n) is 5.80. The Balaban J connectivity index is 4.20. The summed E-state index contributed by atoms with van der Waals surface area (Å²) < 4.78 is 0. The van der Waals surface area contributed by atoms with E-state index in [4.69, 9.17) is 0 Å². The van der Waals surface area contributed by atoms with Crippen LogP contribution in [0, 0.1) is 0 Å². The third kappa shape index (κ3) is 6.73. The first-order chi connectivity index (χ1) is 7.88. The van der Waals surface area contributed by atoms with E-state index in [0.717, 1.165) is 12.8 Å². The molecule has 0 rings (SSSR count). The lowest BCUT2D eigenvalue weighted by Crippen LogP contribution is -2.36. The highest BCUT2D eigenvalue weighted by molar-refractivity contribution is 5.21. The molecule has 0 aliphatic rings. The third-order valence-electron chi connectivity index (χ3n) is 2.26. The van der Waals surface area contributed by atoms with Gasteiger partial charge in [-0.05, 0) is 13.3 Å². The summed E-state index contributed by atoms with van der Waals surface area (Å²) >= 11 is 0. The highest BCUT2D eigenvalue weighted by Crippen LogP contribution is 2.09. The molecule has 17 heavy (non-hydrogen) atoms. The second-order valence-electron chi connectivity index (χ2n) is 4.25. The normalized spacial score (nSPS) is 14.4. The predicted octanol–water partition coefficient (Wildman–Crippen LogP) is 2.08. The first-order valence-corrected chi connectivity index (χ1v) is 5.80. The molecule has 0 saturated heterocycles. The van der Waals surface area contributed by atoms with E-state index in [1.54, 1.807) is 19.1 Å². The lowest BCUT2D eigenvalue weighted by molar-refractivity contribution is 0.129. The summed E-state index contributed by atoms with van der Waals surface area (Å²) in [5, 5.41) is 22.1. The van der Waals surface area contributed by atoms with Crippen molar-refractivity contribution in [2.24, 2.45) is 10.3 Å². The number of aliphatic hydroxyl groups is 1. The van der Waals surface area contributed by atoms with Crippen LogP contribution in [0.2, 0.25) is 0 Å². The maximum atomic E-state index is 9.77. The molecule has 0 heterocycles. The van der Waals surface area contributed by atoms with Crippen molar-refractivity contribution < 1.29 is 5.11 Å². The molecule has 0 spiro atoms. The fraction of sp³-hybridized carbons (Fsp3) is 0.667. The molecule has 98 valence electrons. The van der Waals surface area contributed by atoms with Gasteiger partial charge in [-0.2, -0.15) is 0 Å². The van der Waals surface area contributed by atoms with Crippen molar-refractivity contribution in [3.63, 3.8) is 0 Å².